The van der Waals surface area contributed by atoms with Crippen LogP contribution >= 0.6 is 0 Å². The third-order valence-corrected chi connectivity index (χ3v) is 3.68. The summed E-state index contributed by atoms with van der Waals surface area (Å²) in [6, 6.07) is 5.47. The summed E-state index contributed by atoms with van der Waals surface area (Å²) in [5, 5.41) is 12.9. The van der Waals surface area contributed by atoms with Gasteiger partial charge in [0.05, 0.1) is 7.11 Å². The highest BCUT2D eigenvalue weighted by Crippen LogP contribution is 2.50. The van der Waals surface area contributed by atoms with Crippen LogP contribution < -0.4 is 10.1 Å². The smallest absolute Gasteiger partial charge is 0.160 e. The van der Waals surface area contributed by atoms with E-state index in [9.17, 15) is 5.11 Å². The second-order valence-electron chi connectivity index (χ2n) is 5.53. The van der Waals surface area contributed by atoms with Crippen LogP contribution in [0.1, 0.15) is 25.8 Å². The molecule has 94 valence electrons. The summed E-state index contributed by atoms with van der Waals surface area (Å²) >= 11 is 0. The van der Waals surface area contributed by atoms with Crippen molar-refractivity contribution in [2.45, 2.75) is 26.8 Å². The standard InChI is InChI=1S/C14H21NO2/c1-14(2)7-11(14)9-15-8-10-4-5-12(16)13(6-10)17-3/h4-6,11,15-16H,7-9H2,1-3H3. The van der Waals surface area contributed by atoms with Crippen molar-refractivity contribution in [1.82, 2.24) is 5.32 Å². The van der Waals surface area contributed by atoms with Gasteiger partial charge >= 0.3 is 0 Å². The van der Waals surface area contributed by atoms with E-state index >= 15 is 0 Å². The summed E-state index contributed by atoms with van der Waals surface area (Å²) in [6.07, 6.45) is 1.32. The van der Waals surface area contributed by atoms with Crippen molar-refractivity contribution in [3.05, 3.63) is 23.8 Å². The number of benzene rings is 1. The second-order valence-corrected chi connectivity index (χ2v) is 5.53. The number of ether oxygens (including phenoxy) is 1. The Bertz CT molecular complexity index is 401. The Morgan fingerprint density at radius 3 is 2.76 bits per heavy atom. The first-order valence-corrected chi connectivity index (χ1v) is 6.09. The molecule has 0 aromatic heterocycles. The maximum absolute atomic E-state index is 9.48. The SMILES string of the molecule is COc1cc(CNCC2CC2(C)C)ccc1O. The normalized spacial score (nSPS) is 21.2. The minimum atomic E-state index is 0.194. The van der Waals surface area contributed by atoms with E-state index in [2.05, 4.69) is 19.2 Å². The molecule has 2 rings (SSSR count). The summed E-state index contributed by atoms with van der Waals surface area (Å²) in [6.45, 7) is 6.51. The molecule has 0 bridgehead atoms. The molecule has 0 radical (unpaired) electrons. The van der Waals surface area contributed by atoms with Gasteiger partial charge in [0, 0.05) is 6.54 Å². The summed E-state index contributed by atoms with van der Waals surface area (Å²) in [7, 11) is 1.57. The number of hydrogen-bond donors (Lipinski definition) is 2. The largest absolute Gasteiger partial charge is 0.504 e. The van der Waals surface area contributed by atoms with Gasteiger partial charge in [0.2, 0.25) is 0 Å². The maximum Gasteiger partial charge on any atom is 0.160 e. The van der Waals surface area contributed by atoms with Gasteiger partial charge in [0.15, 0.2) is 11.5 Å². The predicted molar refractivity (Wildman–Crippen MR) is 68.3 cm³/mol. The molecule has 1 aromatic carbocycles. The first-order chi connectivity index (χ1) is 8.03. The first kappa shape index (κ1) is 12.2. The lowest BCUT2D eigenvalue weighted by molar-refractivity contribution is 0.372. The van der Waals surface area contributed by atoms with E-state index in [1.807, 2.05) is 12.1 Å². The van der Waals surface area contributed by atoms with Crippen LogP contribution in [-0.2, 0) is 6.54 Å². The molecule has 1 unspecified atom stereocenters. The molecule has 3 heteroatoms. The quantitative estimate of drug-likeness (QED) is 0.824. The van der Waals surface area contributed by atoms with E-state index in [1.165, 1.54) is 6.42 Å². The lowest BCUT2D eigenvalue weighted by Gasteiger charge is -2.08. The van der Waals surface area contributed by atoms with Crippen molar-refractivity contribution in [2.24, 2.45) is 11.3 Å². The summed E-state index contributed by atoms with van der Waals surface area (Å²) < 4.78 is 5.08. The van der Waals surface area contributed by atoms with Gasteiger partial charge in [0.25, 0.3) is 0 Å². The number of aromatic hydroxyl groups is 1. The minimum Gasteiger partial charge on any atom is -0.504 e. The lowest BCUT2D eigenvalue weighted by atomic mass is 10.1. The van der Waals surface area contributed by atoms with Gasteiger partial charge in [-0.1, -0.05) is 19.9 Å². The van der Waals surface area contributed by atoms with Crippen LogP contribution in [0.25, 0.3) is 0 Å². The number of rotatable bonds is 5. The highest BCUT2D eigenvalue weighted by Gasteiger charge is 2.44. The molecule has 17 heavy (non-hydrogen) atoms. The van der Waals surface area contributed by atoms with Crippen molar-refractivity contribution in [3.8, 4) is 11.5 Å². The Hall–Kier alpha value is -1.22. The molecule has 1 saturated carbocycles. The number of phenols is 1. The molecule has 3 nitrogen and oxygen atoms in total. The Morgan fingerprint density at radius 1 is 1.47 bits per heavy atom. The fourth-order valence-corrected chi connectivity index (χ4v) is 2.15. The van der Waals surface area contributed by atoms with Crippen LogP contribution in [0.4, 0.5) is 0 Å². The highest BCUT2D eigenvalue weighted by molar-refractivity contribution is 5.41. The van der Waals surface area contributed by atoms with Crippen molar-refractivity contribution in [2.75, 3.05) is 13.7 Å². The third kappa shape index (κ3) is 2.91. The van der Waals surface area contributed by atoms with Gasteiger partial charge in [-0.2, -0.15) is 0 Å². The molecular formula is C14H21NO2. The fraction of sp³-hybridized carbons (Fsp3) is 0.571. The molecular weight excluding hydrogens is 214 g/mol. The van der Waals surface area contributed by atoms with Crippen LogP contribution in [0.5, 0.6) is 11.5 Å². The fourth-order valence-electron chi connectivity index (χ4n) is 2.15. The zero-order valence-electron chi connectivity index (χ0n) is 10.8. The van der Waals surface area contributed by atoms with Gasteiger partial charge in [-0.15, -0.1) is 0 Å². The number of methoxy groups -OCH3 is 1. The van der Waals surface area contributed by atoms with E-state index in [4.69, 9.17) is 4.74 Å². The molecule has 1 aliphatic rings. The van der Waals surface area contributed by atoms with Crippen LogP contribution in [0.3, 0.4) is 0 Å². The molecule has 1 aromatic rings. The lowest BCUT2D eigenvalue weighted by Crippen LogP contribution is -2.18. The van der Waals surface area contributed by atoms with Gasteiger partial charge in [-0.25, -0.2) is 0 Å². The van der Waals surface area contributed by atoms with Crippen LogP contribution in [-0.4, -0.2) is 18.8 Å². The average molecular weight is 235 g/mol. The van der Waals surface area contributed by atoms with Gasteiger partial charge in [-0.3, -0.25) is 0 Å². The summed E-state index contributed by atoms with van der Waals surface area (Å²) in [5.41, 5.74) is 1.66. The van der Waals surface area contributed by atoms with Crippen molar-refractivity contribution in [1.29, 1.82) is 0 Å². The summed E-state index contributed by atoms with van der Waals surface area (Å²) in [5.74, 6) is 1.54. The Morgan fingerprint density at radius 2 is 2.18 bits per heavy atom. The van der Waals surface area contributed by atoms with E-state index in [0.29, 0.717) is 11.2 Å². The zero-order chi connectivity index (χ0) is 12.5. The van der Waals surface area contributed by atoms with Gasteiger partial charge in [-0.05, 0) is 42.0 Å². The molecule has 0 aliphatic heterocycles. The first-order valence-electron chi connectivity index (χ1n) is 6.09. The predicted octanol–water partition coefficient (Wildman–Crippen LogP) is 2.54. The minimum absolute atomic E-state index is 0.194. The number of nitrogens with one attached hydrogen (secondary N) is 1. The summed E-state index contributed by atoms with van der Waals surface area (Å²) in [4.78, 5) is 0. The molecule has 0 saturated heterocycles. The molecule has 0 heterocycles. The monoisotopic (exact) mass is 235 g/mol. The van der Waals surface area contributed by atoms with Crippen molar-refractivity contribution < 1.29 is 9.84 Å². The van der Waals surface area contributed by atoms with Gasteiger partial charge < -0.3 is 15.2 Å². The third-order valence-electron chi connectivity index (χ3n) is 3.68. The topological polar surface area (TPSA) is 41.5 Å². The number of phenolic OH excluding ortho intramolecular Hbond substituents is 1. The average Bonchev–Trinajstić information content (AvgIpc) is 2.89. The van der Waals surface area contributed by atoms with E-state index < -0.39 is 0 Å². The van der Waals surface area contributed by atoms with E-state index in [1.54, 1.807) is 13.2 Å². The molecule has 0 spiro atoms. The van der Waals surface area contributed by atoms with Crippen LogP contribution in [0.2, 0.25) is 0 Å². The molecule has 1 aliphatic carbocycles. The Balaban J connectivity index is 1.83. The maximum atomic E-state index is 9.48. The molecule has 1 atom stereocenters. The molecule has 0 amide bonds. The Kier molecular flexibility index (Phi) is 3.29. The molecule has 2 N–H and O–H groups in total. The van der Waals surface area contributed by atoms with E-state index in [-0.39, 0.29) is 5.75 Å². The van der Waals surface area contributed by atoms with E-state index in [0.717, 1.165) is 24.6 Å². The van der Waals surface area contributed by atoms with Crippen molar-refractivity contribution >= 4 is 0 Å². The molecule has 1 fully saturated rings. The Labute approximate surface area is 103 Å². The van der Waals surface area contributed by atoms with Crippen LogP contribution in [0.15, 0.2) is 18.2 Å². The van der Waals surface area contributed by atoms with Crippen molar-refractivity contribution in [3.63, 3.8) is 0 Å². The zero-order valence-corrected chi connectivity index (χ0v) is 10.8. The second kappa shape index (κ2) is 4.57. The van der Waals surface area contributed by atoms with Gasteiger partial charge in [0.1, 0.15) is 0 Å². The van der Waals surface area contributed by atoms with Crippen LogP contribution in [0, 0.1) is 11.3 Å². The number of hydrogen-bond acceptors (Lipinski definition) is 3. The highest BCUT2D eigenvalue weighted by atomic mass is 16.5.